The number of methoxy groups -OCH3 is 1. The Kier molecular flexibility index (Phi) is 7.71. The second kappa shape index (κ2) is 11.1. The summed E-state index contributed by atoms with van der Waals surface area (Å²) < 4.78 is 33.5. The number of nitrogens with zero attached hydrogens (tertiary/aromatic N) is 1. The smallest absolute Gasteiger partial charge is 0.264 e. The van der Waals surface area contributed by atoms with Gasteiger partial charge in [-0.1, -0.05) is 78.4 Å². The molecule has 1 atom stereocenters. The molecule has 0 aliphatic carbocycles. The molecule has 1 amide bonds. The highest BCUT2D eigenvalue weighted by atomic mass is 32.2. The van der Waals surface area contributed by atoms with Gasteiger partial charge in [-0.25, -0.2) is 8.42 Å². The minimum atomic E-state index is -4.01. The van der Waals surface area contributed by atoms with Crippen LogP contribution >= 0.6 is 0 Å². The van der Waals surface area contributed by atoms with Crippen LogP contribution in [0.25, 0.3) is 0 Å². The van der Waals surface area contributed by atoms with Crippen molar-refractivity contribution in [3.05, 3.63) is 126 Å². The number of benzene rings is 4. The number of ether oxygens (including phenoxy) is 1. The van der Waals surface area contributed by atoms with Crippen molar-refractivity contribution in [3.63, 3.8) is 0 Å². The zero-order valence-electron chi connectivity index (χ0n) is 20.2. The summed E-state index contributed by atoms with van der Waals surface area (Å²) in [5.74, 6) is 0.157. The zero-order valence-corrected chi connectivity index (χ0v) is 21.0. The monoisotopic (exact) mass is 500 g/mol. The lowest BCUT2D eigenvalue weighted by molar-refractivity contribution is -0.120. The molecule has 184 valence electrons. The zero-order chi connectivity index (χ0) is 25.5. The van der Waals surface area contributed by atoms with Gasteiger partial charge in [-0.2, -0.15) is 0 Å². The summed E-state index contributed by atoms with van der Waals surface area (Å²) in [6, 6.07) is 31.8. The molecule has 0 heterocycles. The van der Waals surface area contributed by atoms with E-state index in [9.17, 15) is 13.2 Å². The third-order valence-corrected chi connectivity index (χ3v) is 7.58. The van der Waals surface area contributed by atoms with Crippen LogP contribution in [-0.4, -0.2) is 28.0 Å². The van der Waals surface area contributed by atoms with Gasteiger partial charge in [-0.05, 0) is 54.4 Å². The molecule has 0 spiro atoms. The third-order valence-electron chi connectivity index (χ3n) is 5.79. The number of rotatable bonds is 9. The van der Waals surface area contributed by atoms with Gasteiger partial charge in [0.25, 0.3) is 10.0 Å². The Morgan fingerprint density at radius 1 is 0.833 bits per heavy atom. The molecule has 7 heteroatoms. The first-order valence-electron chi connectivity index (χ1n) is 11.5. The minimum absolute atomic E-state index is 0.104. The Labute approximate surface area is 212 Å². The predicted molar refractivity (Wildman–Crippen MR) is 142 cm³/mol. The lowest BCUT2D eigenvalue weighted by atomic mass is 9.97. The fourth-order valence-electron chi connectivity index (χ4n) is 3.97. The fourth-order valence-corrected chi connectivity index (χ4v) is 5.42. The van der Waals surface area contributed by atoms with E-state index in [1.807, 2.05) is 61.5 Å². The van der Waals surface area contributed by atoms with Gasteiger partial charge in [0.15, 0.2) is 0 Å². The maximum atomic E-state index is 13.6. The van der Waals surface area contributed by atoms with Crippen LogP contribution in [-0.2, 0) is 14.8 Å². The van der Waals surface area contributed by atoms with E-state index in [-0.39, 0.29) is 4.90 Å². The van der Waals surface area contributed by atoms with E-state index in [1.54, 1.807) is 42.5 Å². The van der Waals surface area contributed by atoms with Gasteiger partial charge >= 0.3 is 0 Å². The van der Waals surface area contributed by atoms with Crippen molar-refractivity contribution < 1.29 is 17.9 Å². The van der Waals surface area contributed by atoms with Crippen LogP contribution in [0.4, 0.5) is 5.69 Å². The summed E-state index contributed by atoms with van der Waals surface area (Å²) in [5, 5.41) is 3.05. The molecule has 0 saturated heterocycles. The van der Waals surface area contributed by atoms with Crippen molar-refractivity contribution in [2.24, 2.45) is 0 Å². The average Bonchev–Trinajstić information content (AvgIpc) is 2.91. The molecule has 4 rings (SSSR count). The lowest BCUT2D eigenvalue weighted by Gasteiger charge is -2.26. The van der Waals surface area contributed by atoms with E-state index < -0.39 is 28.5 Å². The molecule has 0 fully saturated rings. The van der Waals surface area contributed by atoms with E-state index in [0.717, 1.165) is 21.0 Å². The summed E-state index contributed by atoms with van der Waals surface area (Å²) in [7, 11) is -2.47. The predicted octanol–water partition coefficient (Wildman–Crippen LogP) is 5.10. The molecule has 0 saturated carbocycles. The summed E-state index contributed by atoms with van der Waals surface area (Å²) >= 11 is 0. The minimum Gasteiger partial charge on any atom is -0.497 e. The number of carbonyl (C=O) groups excluding carboxylic acids is 1. The van der Waals surface area contributed by atoms with Gasteiger partial charge in [-0.3, -0.25) is 9.10 Å². The molecule has 0 aromatic heterocycles. The van der Waals surface area contributed by atoms with E-state index in [4.69, 9.17) is 4.74 Å². The number of carbonyl (C=O) groups is 1. The normalized spacial score (nSPS) is 11.9. The van der Waals surface area contributed by atoms with E-state index in [1.165, 1.54) is 19.2 Å². The summed E-state index contributed by atoms with van der Waals surface area (Å²) in [4.78, 5) is 13.5. The van der Waals surface area contributed by atoms with Crippen molar-refractivity contribution in [2.75, 3.05) is 18.0 Å². The van der Waals surface area contributed by atoms with Gasteiger partial charge in [0.05, 0.1) is 23.7 Å². The maximum absolute atomic E-state index is 13.6. The number of amides is 1. The number of hydrogen-bond donors (Lipinski definition) is 1. The largest absolute Gasteiger partial charge is 0.497 e. The summed E-state index contributed by atoms with van der Waals surface area (Å²) in [6.07, 6.45) is 0. The topological polar surface area (TPSA) is 75.7 Å². The lowest BCUT2D eigenvalue weighted by Crippen LogP contribution is -2.42. The van der Waals surface area contributed by atoms with Crippen molar-refractivity contribution in [3.8, 4) is 5.75 Å². The van der Waals surface area contributed by atoms with Gasteiger partial charge in [0.1, 0.15) is 12.3 Å². The van der Waals surface area contributed by atoms with Crippen molar-refractivity contribution in [1.29, 1.82) is 0 Å². The number of hydrogen-bond acceptors (Lipinski definition) is 4. The van der Waals surface area contributed by atoms with Crippen molar-refractivity contribution in [1.82, 2.24) is 5.32 Å². The Hall–Kier alpha value is -4.10. The molecule has 0 aliphatic heterocycles. The Bertz CT molecular complexity index is 1410. The van der Waals surface area contributed by atoms with Crippen LogP contribution in [0.15, 0.2) is 114 Å². The highest BCUT2D eigenvalue weighted by Gasteiger charge is 2.28. The molecule has 1 unspecified atom stereocenters. The van der Waals surface area contributed by atoms with Crippen LogP contribution in [0.1, 0.15) is 22.7 Å². The molecule has 1 N–H and O–H groups in total. The molecular formula is C29H28N2O4S. The molecule has 0 aliphatic rings. The van der Waals surface area contributed by atoms with E-state index >= 15 is 0 Å². The molecule has 0 radical (unpaired) electrons. The summed E-state index contributed by atoms with van der Waals surface area (Å²) in [6.45, 7) is 1.60. The first-order chi connectivity index (χ1) is 17.4. The SMILES string of the molecule is COc1ccc(N(CC(=O)NC(c2ccccc2)c2cccc(C)c2)S(=O)(=O)c2ccccc2)cc1. The Morgan fingerprint density at radius 2 is 1.44 bits per heavy atom. The molecule has 4 aromatic carbocycles. The first-order valence-corrected chi connectivity index (χ1v) is 13.0. The highest BCUT2D eigenvalue weighted by Crippen LogP contribution is 2.27. The van der Waals surface area contributed by atoms with Crippen molar-refractivity contribution in [2.45, 2.75) is 17.9 Å². The maximum Gasteiger partial charge on any atom is 0.264 e. The molecule has 0 bridgehead atoms. The highest BCUT2D eigenvalue weighted by molar-refractivity contribution is 7.92. The Morgan fingerprint density at radius 3 is 2.06 bits per heavy atom. The molecule has 4 aromatic rings. The van der Waals surface area contributed by atoms with Gasteiger partial charge in [-0.15, -0.1) is 0 Å². The second-order valence-electron chi connectivity index (χ2n) is 8.35. The number of aryl methyl sites for hydroxylation is 1. The van der Waals surface area contributed by atoms with Gasteiger partial charge in [0, 0.05) is 0 Å². The number of sulfonamides is 1. The number of anilines is 1. The van der Waals surface area contributed by atoms with Crippen LogP contribution < -0.4 is 14.4 Å². The Balaban J connectivity index is 1.68. The van der Waals surface area contributed by atoms with Crippen molar-refractivity contribution >= 4 is 21.6 Å². The summed E-state index contributed by atoms with van der Waals surface area (Å²) in [5.41, 5.74) is 3.24. The fraction of sp³-hybridized carbons (Fsp3) is 0.138. The average molecular weight is 501 g/mol. The van der Waals surface area contributed by atoms with Crippen LogP contribution in [0, 0.1) is 6.92 Å². The van der Waals surface area contributed by atoms with Gasteiger partial charge < -0.3 is 10.1 Å². The van der Waals surface area contributed by atoms with Crippen LogP contribution in [0.3, 0.4) is 0 Å². The first kappa shape index (κ1) is 25.0. The second-order valence-corrected chi connectivity index (χ2v) is 10.2. The van der Waals surface area contributed by atoms with Gasteiger partial charge in [0.2, 0.25) is 5.91 Å². The third kappa shape index (κ3) is 5.75. The van der Waals surface area contributed by atoms with E-state index in [2.05, 4.69) is 5.32 Å². The molecular weight excluding hydrogens is 472 g/mol. The van der Waals surface area contributed by atoms with Crippen LogP contribution in [0.2, 0.25) is 0 Å². The standard InChI is InChI=1S/C29H28N2O4S/c1-22-10-9-13-24(20-22)29(23-11-5-3-6-12-23)30-28(32)21-31(25-16-18-26(35-2)19-17-25)36(33,34)27-14-7-4-8-15-27/h3-20,29H,21H2,1-2H3,(H,30,32). The van der Waals surface area contributed by atoms with Crippen LogP contribution in [0.5, 0.6) is 5.75 Å². The molecule has 6 nitrogen and oxygen atoms in total. The quantitative estimate of drug-likeness (QED) is 0.347. The van der Waals surface area contributed by atoms with E-state index in [0.29, 0.717) is 11.4 Å². The molecule has 36 heavy (non-hydrogen) atoms. The number of nitrogens with one attached hydrogen (secondary N) is 1.